The zero-order chi connectivity index (χ0) is 29.7. The number of hydrogen-bond donors (Lipinski definition) is 1. The molecule has 0 saturated heterocycles. The van der Waals surface area contributed by atoms with Crippen LogP contribution in [0.5, 0.6) is 0 Å². The number of carbonyl (C=O) groups is 2. The largest absolute Gasteiger partial charge is 0.352 e. The molecule has 1 saturated carbocycles. The van der Waals surface area contributed by atoms with E-state index in [2.05, 4.69) is 5.32 Å². The average Bonchev–Trinajstić information content (AvgIpc) is 3.45. The lowest BCUT2D eigenvalue weighted by molar-refractivity contribution is -0.139. The van der Waals surface area contributed by atoms with Crippen molar-refractivity contribution in [2.24, 2.45) is 0 Å². The van der Waals surface area contributed by atoms with E-state index in [0.29, 0.717) is 5.69 Å². The number of carbonyl (C=O) groups excluding carboxylic acids is 2. The van der Waals surface area contributed by atoms with Crippen molar-refractivity contribution in [2.45, 2.75) is 83.8 Å². The zero-order valence-corrected chi connectivity index (χ0v) is 25.5. The highest BCUT2D eigenvalue weighted by molar-refractivity contribution is 7.92. The van der Waals surface area contributed by atoms with Gasteiger partial charge in [0.2, 0.25) is 11.8 Å². The zero-order valence-electron chi connectivity index (χ0n) is 24.7. The van der Waals surface area contributed by atoms with Crippen molar-refractivity contribution in [2.75, 3.05) is 10.8 Å². The number of aryl methyl sites for hydroxylation is 4. The van der Waals surface area contributed by atoms with Crippen LogP contribution in [0.4, 0.5) is 5.69 Å². The first kappa shape index (κ1) is 30.3. The van der Waals surface area contributed by atoms with Crippen LogP contribution >= 0.6 is 0 Å². The van der Waals surface area contributed by atoms with Crippen LogP contribution in [0, 0.1) is 27.7 Å². The Hall–Kier alpha value is -3.65. The molecule has 1 N–H and O–H groups in total. The Morgan fingerprint density at radius 3 is 2.17 bits per heavy atom. The fourth-order valence-electron chi connectivity index (χ4n) is 5.28. The van der Waals surface area contributed by atoms with Crippen LogP contribution in [0.25, 0.3) is 0 Å². The number of sulfonamides is 1. The lowest BCUT2D eigenvalue weighted by atomic mass is 10.1. The molecular formula is C33H41N3O4S. The van der Waals surface area contributed by atoms with Crippen LogP contribution in [0.15, 0.2) is 71.6 Å². The van der Waals surface area contributed by atoms with Gasteiger partial charge in [-0.15, -0.1) is 0 Å². The van der Waals surface area contributed by atoms with Crippen LogP contribution in [0.2, 0.25) is 0 Å². The molecule has 4 rings (SSSR count). The molecule has 8 heteroatoms. The molecule has 0 aromatic heterocycles. The van der Waals surface area contributed by atoms with Crippen molar-refractivity contribution in [3.63, 3.8) is 0 Å². The summed E-state index contributed by atoms with van der Waals surface area (Å²) in [5, 5.41) is 3.11. The summed E-state index contributed by atoms with van der Waals surface area (Å²) in [4.78, 5) is 29.2. The van der Waals surface area contributed by atoms with Crippen LogP contribution in [0.1, 0.15) is 60.4 Å². The summed E-state index contributed by atoms with van der Waals surface area (Å²) in [7, 11) is -4.10. The third-order valence-corrected chi connectivity index (χ3v) is 9.77. The van der Waals surface area contributed by atoms with Crippen molar-refractivity contribution in [3.05, 3.63) is 94.5 Å². The van der Waals surface area contributed by atoms with Crippen LogP contribution in [-0.2, 0) is 26.2 Å². The normalized spacial score (nSPS) is 14.5. The number of benzene rings is 3. The molecule has 1 atom stereocenters. The van der Waals surface area contributed by atoms with Crippen molar-refractivity contribution in [3.8, 4) is 0 Å². The Morgan fingerprint density at radius 1 is 0.878 bits per heavy atom. The van der Waals surface area contributed by atoms with Crippen molar-refractivity contribution in [1.82, 2.24) is 10.2 Å². The van der Waals surface area contributed by atoms with Crippen LogP contribution < -0.4 is 9.62 Å². The maximum atomic E-state index is 14.2. The second kappa shape index (κ2) is 12.9. The van der Waals surface area contributed by atoms with E-state index in [1.807, 2.05) is 64.1 Å². The maximum absolute atomic E-state index is 14.2. The highest BCUT2D eigenvalue weighted by Gasteiger charge is 2.34. The van der Waals surface area contributed by atoms with E-state index in [-0.39, 0.29) is 23.4 Å². The minimum absolute atomic E-state index is 0.105. The molecule has 0 radical (unpaired) electrons. The van der Waals surface area contributed by atoms with E-state index in [9.17, 15) is 18.0 Å². The molecule has 3 aromatic carbocycles. The van der Waals surface area contributed by atoms with E-state index < -0.39 is 28.5 Å². The number of nitrogens with one attached hydrogen (secondary N) is 1. The van der Waals surface area contributed by atoms with Crippen LogP contribution in [-0.4, -0.2) is 43.8 Å². The Balaban J connectivity index is 1.73. The molecule has 0 bridgehead atoms. The lowest BCUT2D eigenvalue weighted by Crippen LogP contribution is -2.52. The molecule has 1 aliphatic rings. The minimum Gasteiger partial charge on any atom is -0.352 e. The van der Waals surface area contributed by atoms with Gasteiger partial charge in [-0.3, -0.25) is 13.9 Å². The fraction of sp³-hybridized carbons (Fsp3) is 0.394. The quantitative estimate of drug-likeness (QED) is 0.341. The third-order valence-electron chi connectivity index (χ3n) is 7.99. The van der Waals surface area contributed by atoms with Gasteiger partial charge < -0.3 is 10.2 Å². The van der Waals surface area contributed by atoms with Gasteiger partial charge in [-0.1, -0.05) is 66.9 Å². The summed E-state index contributed by atoms with van der Waals surface area (Å²) in [5.41, 5.74) is 4.89. The third kappa shape index (κ3) is 7.17. The van der Waals surface area contributed by atoms with E-state index in [4.69, 9.17) is 0 Å². The van der Waals surface area contributed by atoms with Crippen molar-refractivity contribution < 1.29 is 18.0 Å². The summed E-state index contributed by atoms with van der Waals surface area (Å²) < 4.78 is 29.4. The number of anilines is 1. The van der Waals surface area contributed by atoms with Gasteiger partial charge in [-0.2, -0.15) is 0 Å². The smallest absolute Gasteiger partial charge is 0.264 e. The Kier molecular flexibility index (Phi) is 9.53. The maximum Gasteiger partial charge on any atom is 0.264 e. The molecule has 0 spiro atoms. The SMILES string of the molecule is Cc1ccc(S(=O)(=O)N(CC(=O)N(Cc2ccccc2C)[C@H](C)C(=O)NC2CCCC2)c2cc(C)ccc2C)cc1. The molecule has 0 heterocycles. The Bertz CT molecular complexity index is 1500. The summed E-state index contributed by atoms with van der Waals surface area (Å²) in [5.74, 6) is -0.669. The molecule has 2 amide bonds. The molecule has 3 aromatic rings. The van der Waals surface area contributed by atoms with Gasteiger partial charge in [0.05, 0.1) is 10.6 Å². The molecular weight excluding hydrogens is 534 g/mol. The van der Waals surface area contributed by atoms with Crippen molar-refractivity contribution >= 4 is 27.5 Å². The van der Waals surface area contributed by atoms with Gasteiger partial charge >= 0.3 is 0 Å². The Labute approximate surface area is 244 Å². The van der Waals surface area contributed by atoms with Crippen LogP contribution in [0.3, 0.4) is 0 Å². The highest BCUT2D eigenvalue weighted by atomic mass is 32.2. The summed E-state index contributed by atoms with van der Waals surface area (Å²) in [6.45, 7) is 9.05. The molecule has 0 unspecified atom stereocenters. The summed E-state index contributed by atoms with van der Waals surface area (Å²) >= 11 is 0. The molecule has 1 fully saturated rings. The van der Waals surface area contributed by atoms with Gasteiger partial charge in [0.1, 0.15) is 12.6 Å². The predicted octanol–water partition coefficient (Wildman–Crippen LogP) is 5.59. The van der Waals surface area contributed by atoms with Gasteiger partial charge in [-0.25, -0.2) is 8.42 Å². The molecule has 41 heavy (non-hydrogen) atoms. The fourth-order valence-corrected chi connectivity index (χ4v) is 6.76. The topological polar surface area (TPSA) is 86.8 Å². The molecule has 218 valence electrons. The molecule has 1 aliphatic carbocycles. The summed E-state index contributed by atoms with van der Waals surface area (Å²) in [6.07, 6.45) is 4.01. The van der Waals surface area contributed by atoms with Gasteiger partial charge in [-0.05, 0) is 87.9 Å². The van der Waals surface area contributed by atoms with Gasteiger partial charge in [0.25, 0.3) is 10.0 Å². The molecule has 0 aliphatic heterocycles. The van der Waals surface area contributed by atoms with E-state index in [1.54, 1.807) is 37.3 Å². The Morgan fingerprint density at radius 2 is 1.51 bits per heavy atom. The van der Waals surface area contributed by atoms with E-state index >= 15 is 0 Å². The predicted molar refractivity (Wildman–Crippen MR) is 163 cm³/mol. The number of nitrogens with zero attached hydrogens (tertiary/aromatic N) is 2. The van der Waals surface area contributed by atoms with E-state index in [1.165, 1.54) is 9.21 Å². The first-order valence-electron chi connectivity index (χ1n) is 14.3. The minimum atomic E-state index is -4.10. The van der Waals surface area contributed by atoms with E-state index in [0.717, 1.165) is 53.5 Å². The molecule has 7 nitrogen and oxygen atoms in total. The van der Waals surface area contributed by atoms with Gasteiger partial charge in [0, 0.05) is 12.6 Å². The van der Waals surface area contributed by atoms with Gasteiger partial charge in [0.15, 0.2) is 0 Å². The number of rotatable bonds is 10. The summed E-state index contributed by atoms with van der Waals surface area (Å²) in [6, 6.07) is 19.2. The second-order valence-electron chi connectivity index (χ2n) is 11.2. The van der Waals surface area contributed by atoms with Crippen molar-refractivity contribution in [1.29, 1.82) is 0 Å². The monoisotopic (exact) mass is 575 g/mol. The number of amides is 2. The highest BCUT2D eigenvalue weighted by Crippen LogP contribution is 2.29. The first-order chi connectivity index (χ1) is 19.5. The number of hydrogen-bond acceptors (Lipinski definition) is 4. The average molecular weight is 576 g/mol. The second-order valence-corrected chi connectivity index (χ2v) is 13.1. The first-order valence-corrected chi connectivity index (χ1v) is 15.7. The lowest BCUT2D eigenvalue weighted by Gasteiger charge is -2.33. The standard InChI is InChI=1S/C33H41N3O4S/c1-23-15-18-30(19-16-23)41(39,40)36(31-20-24(2)14-17-26(31)4)22-32(37)35(21-28-11-7-6-10-25(28)3)27(5)33(38)34-29-12-8-9-13-29/h6-7,10-11,14-20,27,29H,8-9,12-13,21-22H2,1-5H3,(H,34,38)/t27-/m1/s1.